The Labute approximate surface area is 199 Å². The van der Waals surface area contributed by atoms with Gasteiger partial charge in [0.1, 0.15) is 5.75 Å². The van der Waals surface area contributed by atoms with Crippen LogP contribution >= 0.6 is 11.8 Å². The van der Waals surface area contributed by atoms with Crippen LogP contribution in [0.1, 0.15) is 42.6 Å². The molecule has 2 N–H and O–H groups in total. The van der Waals surface area contributed by atoms with Crippen molar-refractivity contribution in [2.45, 2.75) is 57.3 Å². The summed E-state index contributed by atoms with van der Waals surface area (Å²) >= 11 is 1.42. The Morgan fingerprint density at radius 3 is 2.73 bits per heavy atom. The number of amides is 1. The lowest BCUT2D eigenvalue weighted by atomic mass is 10.1. The van der Waals surface area contributed by atoms with E-state index in [1.165, 1.54) is 24.6 Å². The van der Waals surface area contributed by atoms with E-state index in [0.717, 1.165) is 46.9 Å². The van der Waals surface area contributed by atoms with Crippen LogP contribution in [0.2, 0.25) is 0 Å². The topological polar surface area (TPSA) is 81.1 Å². The molecule has 33 heavy (non-hydrogen) atoms. The predicted octanol–water partition coefficient (Wildman–Crippen LogP) is 4.66. The minimum absolute atomic E-state index is 0.0520. The number of carbonyl (C=O) groups is 1. The quantitative estimate of drug-likeness (QED) is 0.448. The van der Waals surface area contributed by atoms with Crippen LogP contribution in [-0.2, 0) is 11.3 Å². The Morgan fingerprint density at radius 1 is 1.15 bits per heavy atom. The third kappa shape index (κ3) is 5.68. The van der Waals surface area contributed by atoms with Gasteiger partial charge in [-0.1, -0.05) is 48.9 Å². The van der Waals surface area contributed by atoms with Crippen molar-refractivity contribution in [3.63, 3.8) is 0 Å². The first-order valence-electron chi connectivity index (χ1n) is 11.4. The van der Waals surface area contributed by atoms with Gasteiger partial charge in [-0.05, 0) is 56.0 Å². The molecule has 1 saturated carbocycles. The zero-order valence-electron chi connectivity index (χ0n) is 19.4. The van der Waals surface area contributed by atoms with Gasteiger partial charge in [0.2, 0.25) is 5.91 Å². The Hall–Kier alpha value is -3.00. The number of aryl methyl sites for hydroxylation is 2. The molecule has 7 nitrogen and oxygen atoms in total. The summed E-state index contributed by atoms with van der Waals surface area (Å²) in [6.45, 7) is 4.62. The average Bonchev–Trinajstić information content (AvgIpc) is 3.47. The normalized spacial score (nSPS) is 13.8. The number of hydrogen-bond donors (Lipinski definition) is 2. The number of nitrogens with zero attached hydrogens (tertiary/aromatic N) is 3. The largest absolute Gasteiger partial charge is 0.495 e. The van der Waals surface area contributed by atoms with E-state index in [0.29, 0.717) is 23.5 Å². The van der Waals surface area contributed by atoms with E-state index in [9.17, 15) is 4.79 Å². The lowest BCUT2D eigenvalue weighted by molar-refractivity contribution is -0.119. The molecule has 174 valence electrons. The van der Waals surface area contributed by atoms with Gasteiger partial charge in [-0.3, -0.25) is 9.36 Å². The summed E-state index contributed by atoms with van der Waals surface area (Å²) in [6, 6.07) is 14.4. The number of methoxy groups -OCH3 is 1. The van der Waals surface area contributed by atoms with Crippen molar-refractivity contribution in [2.75, 3.05) is 18.2 Å². The average molecular weight is 466 g/mol. The van der Waals surface area contributed by atoms with Gasteiger partial charge in [0, 0.05) is 6.04 Å². The lowest BCUT2D eigenvalue weighted by Crippen LogP contribution is -2.33. The molecule has 0 unspecified atom stereocenters. The van der Waals surface area contributed by atoms with Crippen LogP contribution < -0.4 is 15.4 Å². The third-order valence-corrected chi connectivity index (χ3v) is 6.83. The second kappa shape index (κ2) is 10.7. The first-order chi connectivity index (χ1) is 16.0. The van der Waals surface area contributed by atoms with E-state index in [-0.39, 0.29) is 5.91 Å². The highest BCUT2D eigenvalue weighted by Gasteiger charge is 2.20. The summed E-state index contributed by atoms with van der Waals surface area (Å²) < 4.78 is 7.51. The van der Waals surface area contributed by atoms with Crippen molar-refractivity contribution >= 4 is 23.4 Å². The SMILES string of the molecule is COc1ccccc1NCc1nnc(SCC(=O)NC2CCCC2)n1-c1cc(C)ccc1C. The second-order valence-corrected chi connectivity index (χ2v) is 9.36. The molecule has 4 rings (SSSR count). The van der Waals surface area contributed by atoms with Crippen molar-refractivity contribution in [2.24, 2.45) is 0 Å². The summed E-state index contributed by atoms with van der Waals surface area (Å²) in [5.74, 6) is 1.91. The van der Waals surface area contributed by atoms with Gasteiger partial charge in [-0.25, -0.2) is 0 Å². The number of para-hydroxylation sites is 2. The lowest BCUT2D eigenvalue weighted by Gasteiger charge is -2.16. The molecule has 1 fully saturated rings. The number of aromatic nitrogens is 3. The Balaban J connectivity index is 1.56. The highest BCUT2D eigenvalue weighted by Crippen LogP contribution is 2.28. The van der Waals surface area contributed by atoms with E-state index < -0.39 is 0 Å². The Bertz CT molecular complexity index is 1110. The zero-order chi connectivity index (χ0) is 23.2. The number of carbonyl (C=O) groups excluding carboxylic acids is 1. The van der Waals surface area contributed by atoms with Crippen molar-refractivity contribution in [1.82, 2.24) is 20.1 Å². The summed E-state index contributed by atoms with van der Waals surface area (Å²) in [6.07, 6.45) is 4.55. The summed E-state index contributed by atoms with van der Waals surface area (Å²) in [5, 5.41) is 16.2. The standard InChI is InChI=1S/C25H31N5O2S/c1-17-12-13-18(2)21(14-17)30-23(15-26-20-10-6-7-11-22(20)32-3)28-29-25(30)33-16-24(31)27-19-8-4-5-9-19/h6-7,10-14,19,26H,4-5,8-9,15-16H2,1-3H3,(H,27,31). The third-order valence-electron chi connectivity index (χ3n) is 5.90. The number of rotatable bonds is 9. The highest BCUT2D eigenvalue weighted by molar-refractivity contribution is 7.99. The van der Waals surface area contributed by atoms with Crippen LogP contribution in [0.15, 0.2) is 47.6 Å². The fourth-order valence-corrected chi connectivity index (χ4v) is 4.92. The molecule has 3 aromatic rings. The van der Waals surface area contributed by atoms with Crippen molar-refractivity contribution in [3.05, 3.63) is 59.4 Å². The monoisotopic (exact) mass is 465 g/mol. The zero-order valence-corrected chi connectivity index (χ0v) is 20.2. The van der Waals surface area contributed by atoms with Crippen LogP contribution in [0.25, 0.3) is 5.69 Å². The molecular weight excluding hydrogens is 434 g/mol. The molecule has 0 aliphatic heterocycles. The Morgan fingerprint density at radius 2 is 1.94 bits per heavy atom. The van der Waals surface area contributed by atoms with Gasteiger partial charge in [0.05, 0.1) is 30.8 Å². The maximum Gasteiger partial charge on any atom is 0.230 e. The molecule has 0 saturated heterocycles. The number of anilines is 1. The minimum Gasteiger partial charge on any atom is -0.495 e. The Kier molecular flexibility index (Phi) is 7.54. The van der Waals surface area contributed by atoms with E-state index in [4.69, 9.17) is 4.74 Å². The number of hydrogen-bond acceptors (Lipinski definition) is 6. The van der Waals surface area contributed by atoms with Gasteiger partial charge in [0.15, 0.2) is 11.0 Å². The molecule has 1 aliphatic rings. The number of nitrogens with one attached hydrogen (secondary N) is 2. The summed E-state index contributed by atoms with van der Waals surface area (Å²) in [4.78, 5) is 12.5. The van der Waals surface area contributed by atoms with E-state index in [1.807, 2.05) is 24.3 Å². The number of ether oxygens (including phenoxy) is 1. The fraction of sp³-hybridized carbons (Fsp3) is 0.400. The van der Waals surface area contributed by atoms with E-state index >= 15 is 0 Å². The van der Waals surface area contributed by atoms with Gasteiger partial charge in [0.25, 0.3) is 0 Å². The molecule has 1 heterocycles. The van der Waals surface area contributed by atoms with Crippen LogP contribution in [0.5, 0.6) is 5.75 Å². The van der Waals surface area contributed by atoms with E-state index in [2.05, 4.69) is 57.4 Å². The first-order valence-corrected chi connectivity index (χ1v) is 12.3. The number of thioether (sulfide) groups is 1. The maximum absolute atomic E-state index is 12.5. The molecule has 0 radical (unpaired) electrons. The molecule has 1 aliphatic carbocycles. The first kappa shape index (κ1) is 23.2. The van der Waals surface area contributed by atoms with Gasteiger partial charge in [-0.2, -0.15) is 0 Å². The molecule has 0 atom stereocenters. The van der Waals surface area contributed by atoms with Crippen molar-refractivity contribution in [1.29, 1.82) is 0 Å². The van der Waals surface area contributed by atoms with Crippen LogP contribution in [-0.4, -0.2) is 39.6 Å². The predicted molar refractivity (Wildman–Crippen MR) is 132 cm³/mol. The van der Waals surface area contributed by atoms with Crippen LogP contribution in [0.3, 0.4) is 0 Å². The number of benzene rings is 2. The maximum atomic E-state index is 12.5. The van der Waals surface area contributed by atoms with Gasteiger partial charge < -0.3 is 15.4 Å². The van der Waals surface area contributed by atoms with Crippen LogP contribution in [0.4, 0.5) is 5.69 Å². The molecular formula is C25H31N5O2S. The molecule has 2 aromatic carbocycles. The molecule has 1 amide bonds. The smallest absolute Gasteiger partial charge is 0.230 e. The van der Waals surface area contributed by atoms with E-state index in [1.54, 1.807) is 7.11 Å². The second-order valence-electron chi connectivity index (χ2n) is 8.42. The fourth-order valence-electron chi connectivity index (χ4n) is 4.15. The highest BCUT2D eigenvalue weighted by atomic mass is 32.2. The molecule has 8 heteroatoms. The molecule has 1 aromatic heterocycles. The summed E-state index contributed by atoms with van der Waals surface area (Å²) in [7, 11) is 1.66. The molecule has 0 spiro atoms. The van der Waals surface area contributed by atoms with Gasteiger partial charge in [-0.15, -0.1) is 10.2 Å². The van der Waals surface area contributed by atoms with Crippen LogP contribution in [0, 0.1) is 13.8 Å². The van der Waals surface area contributed by atoms with Gasteiger partial charge >= 0.3 is 0 Å². The van der Waals surface area contributed by atoms with Crippen molar-refractivity contribution in [3.8, 4) is 11.4 Å². The summed E-state index contributed by atoms with van der Waals surface area (Å²) in [5.41, 5.74) is 4.19. The minimum atomic E-state index is 0.0520. The van der Waals surface area contributed by atoms with Crippen molar-refractivity contribution < 1.29 is 9.53 Å². The molecule has 0 bridgehead atoms.